The van der Waals surface area contributed by atoms with Gasteiger partial charge in [0.1, 0.15) is 0 Å². The van der Waals surface area contributed by atoms with Crippen LogP contribution in [0.1, 0.15) is 38.5 Å². The van der Waals surface area contributed by atoms with Crippen LogP contribution in [0.5, 0.6) is 0 Å². The van der Waals surface area contributed by atoms with Crippen molar-refractivity contribution in [3.63, 3.8) is 0 Å². The lowest BCUT2D eigenvalue weighted by Crippen LogP contribution is -2.43. The molecule has 3 unspecified atom stereocenters. The Morgan fingerprint density at radius 1 is 1.33 bits per heavy atom. The number of nitrogens with one attached hydrogen (secondary N) is 1. The molecule has 84 valence electrons. The number of rotatable bonds is 3. The molecule has 0 aromatic heterocycles. The Balaban J connectivity index is 1.61. The second kappa shape index (κ2) is 3.38. The van der Waals surface area contributed by atoms with E-state index in [-0.39, 0.29) is 5.54 Å². The molecule has 2 nitrogen and oxygen atoms in total. The Bertz CT molecular complexity index is 287. The first kappa shape index (κ1) is 9.95. The monoisotopic (exact) mass is 227 g/mol. The fraction of sp³-hybridized carbons (Fsp3) is 0.917. The highest BCUT2D eigenvalue weighted by molar-refractivity contribution is 6.19. The fourth-order valence-electron chi connectivity index (χ4n) is 3.36. The van der Waals surface area contributed by atoms with Crippen molar-refractivity contribution in [3.8, 4) is 0 Å². The Kier molecular flexibility index (Phi) is 2.24. The Morgan fingerprint density at radius 3 is 2.60 bits per heavy atom. The van der Waals surface area contributed by atoms with E-state index in [1.165, 1.54) is 19.3 Å². The lowest BCUT2D eigenvalue weighted by Gasteiger charge is -2.23. The van der Waals surface area contributed by atoms with Crippen LogP contribution in [0.15, 0.2) is 0 Å². The predicted octanol–water partition coefficient (Wildman–Crippen LogP) is 2.31. The van der Waals surface area contributed by atoms with Crippen LogP contribution in [0.25, 0.3) is 0 Å². The van der Waals surface area contributed by atoms with Crippen LogP contribution in [0, 0.1) is 17.8 Å². The van der Waals surface area contributed by atoms with E-state index in [0.717, 1.165) is 25.2 Å². The Hall–Kier alpha value is -0.240. The molecule has 2 bridgehead atoms. The zero-order valence-corrected chi connectivity index (χ0v) is 9.72. The number of hydrogen-bond donors (Lipinski definition) is 1. The lowest BCUT2D eigenvalue weighted by atomic mass is 9.88. The molecular weight excluding hydrogens is 210 g/mol. The van der Waals surface area contributed by atoms with Crippen LogP contribution in [-0.4, -0.2) is 17.3 Å². The molecule has 0 aromatic rings. The summed E-state index contributed by atoms with van der Waals surface area (Å²) in [6, 6.07) is 0. The minimum Gasteiger partial charge on any atom is -0.349 e. The number of amides is 1. The molecule has 0 aromatic carbocycles. The van der Waals surface area contributed by atoms with Gasteiger partial charge in [-0.15, -0.1) is 11.6 Å². The summed E-state index contributed by atoms with van der Waals surface area (Å²) in [5, 5.41) is 3.17. The van der Waals surface area contributed by atoms with Gasteiger partial charge in [-0.25, -0.2) is 0 Å². The molecule has 0 spiro atoms. The average Bonchev–Trinajstić information content (AvgIpc) is 2.73. The van der Waals surface area contributed by atoms with Crippen LogP contribution in [0.3, 0.4) is 0 Å². The van der Waals surface area contributed by atoms with Crippen molar-refractivity contribution in [2.45, 2.75) is 44.1 Å². The molecule has 3 rings (SSSR count). The van der Waals surface area contributed by atoms with Gasteiger partial charge in [-0.3, -0.25) is 4.79 Å². The van der Waals surface area contributed by atoms with E-state index in [0.29, 0.717) is 23.6 Å². The quantitative estimate of drug-likeness (QED) is 0.737. The molecule has 1 amide bonds. The number of alkyl halides is 1. The van der Waals surface area contributed by atoms with Gasteiger partial charge < -0.3 is 5.32 Å². The summed E-state index contributed by atoms with van der Waals surface area (Å²) in [5.74, 6) is 2.71. The van der Waals surface area contributed by atoms with E-state index < -0.39 is 0 Å². The second-order valence-electron chi connectivity index (χ2n) is 5.68. The first-order chi connectivity index (χ1) is 7.22. The normalized spacial score (nSPS) is 40.5. The van der Waals surface area contributed by atoms with Crippen molar-refractivity contribution in [2.24, 2.45) is 17.8 Å². The number of hydrogen-bond acceptors (Lipinski definition) is 1. The van der Waals surface area contributed by atoms with Crippen molar-refractivity contribution in [1.29, 1.82) is 0 Å². The SMILES string of the molecule is O=C(NC1(CCl)CC1)C1CC2CCC1C2. The molecule has 3 saturated carbocycles. The molecule has 1 N–H and O–H groups in total. The van der Waals surface area contributed by atoms with Crippen LogP contribution < -0.4 is 5.32 Å². The van der Waals surface area contributed by atoms with Gasteiger partial charge >= 0.3 is 0 Å². The molecule has 0 radical (unpaired) electrons. The Labute approximate surface area is 95.8 Å². The average molecular weight is 228 g/mol. The maximum absolute atomic E-state index is 12.1. The van der Waals surface area contributed by atoms with Gasteiger partial charge in [0.2, 0.25) is 5.91 Å². The van der Waals surface area contributed by atoms with Crippen LogP contribution in [0.4, 0.5) is 0 Å². The highest BCUT2D eigenvalue weighted by Gasteiger charge is 2.48. The molecule has 0 saturated heterocycles. The summed E-state index contributed by atoms with van der Waals surface area (Å²) in [6.45, 7) is 0. The largest absolute Gasteiger partial charge is 0.349 e. The zero-order chi connectivity index (χ0) is 10.5. The minimum absolute atomic E-state index is 0.0134. The second-order valence-corrected chi connectivity index (χ2v) is 5.95. The summed E-state index contributed by atoms with van der Waals surface area (Å²) < 4.78 is 0. The van der Waals surface area contributed by atoms with Gasteiger partial charge in [0.05, 0.1) is 5.54 Å². The van der Waals surface area contributed by atoms with Gasteiger partial charge in [0.15, 0.2) is 0 Å². The van der Waals surface area contributed by atoms with Gasteiger partial charge in [0.25, 0.3) is 0 Å². The van der Waals surface area contributed by atoms with Crippen LogP contribution >= 0.6 is 11.6 Å². The van der Waals surface area contributed by atoms with E-state index >= 15 is 0 Å². The van der Waals surface area contributed by atoms with E-state index in [1.54, 1.807) is 0 Å². The topological polar surface area (TPSA) is 29.1 Å². The highest BCUT2D eigenvalue weighted by Crippen LogP contribution is 2.49. The molecule has 0 heterocycles. The number of carbonyl (C=O) groups is 1. The van der Waals surface area contributed by atoms with Gasteiger partial charge in [-0.05, 0) is 43.9 Å². The van der Waals surface area contributed by atoms with E-state index in [4.69, 9.17) is 11.6 Å². The van der Waals surface area contributed by atoms with Crippen molar-refractivity contribution >= 4 is 17.5 Å². The molecule has 3 aliphatic carbocycles. The Morgan fingerprint density at radius 2 is 2.13 bits per heavy atom. The standard InChI is InChI=1S/C12H18ClNO/c13-7-12(3-4-12)14-11(15)10-6-8-1-2-9(10)5-8/h8-10H,1-7H2,(H,14,15). The first-order valence-corrected chi connectivity index (χ1v) is 6.64. The summed E-state index contributed by atoms with van der Waals surface area (Å²) in [5.41, 5.74) is -0.0134. The van der Waals surface area contributed by atoms with Gasteiger partial charge in [-0.1, -0.05) is 6.42 Å². The number of halogens is 1. The molecule has 3 fully saturated rings. The van der Waals surface area contributed by atoms with E-state index in [2.05, 4.69) is 5.32 Å². The summed E-state index contributed by atoms with van der Waals surface area (Å²) >= 11 is 5.87. The van der Waals surface area contributed by atoms with Crippen molar-refractivity contribution in [3.05, 3.63) is 0 Å². The van der Waals surface area contributed by atoms with Crippen molar-refractivity contribution in [2.75, 3.05) is 5.88 Å². The zero-order valence-electron chi connectivity index (χ0n) is 8.97. The third-order valence-electron chi connectivity index (χ3n) is 4.57. The van der Waals surface area contributed by atoms with Gasteiger partial charge in [-0.2, -0.15) is 0 Å². The van der Waals surface area contributed by atoms with E-state index in [9.17, 15) is 4.79 Å². The molecular formula is C12H18ClNO. The maximum Gasteiger partial charge on any atom is 0.223 e. The lowest BCUT2D eigenvalue weighted by molar-refractivity contribution is -0.127. The molecule has 15 heavy (non-hydrogen) atoms. The highest BCUT2D eigenvalue weighted by atomic mass is 35.5. The third-order valence-corrected chi connectivity index (χ3v) is 5.08. The molecule has 3 heteroatoms. The van der Waals surface area contributed by atoms with Gasteiger partial charge in [0, 0.05) is 11.8 Å². The first-order valence-electron chi connectivity index (χ1n) is 6.10. The van der Waals surface area contributed by atoms with Crippen molar-refractivity contribution in [1.82, 2.24) is 5.32 Å². The summed E-state index contributed by atoms with van der Waals surface area (Å²) in [6.07, 6.45) is 7.21. The van der Waals surface area contributed by atoms with E-state index in [1.807, 2.05) is 0 Å². The third kappa shape index (κ3) is 1.67. The van der Waals surface area contributed by atoms with Crippen molar-refractivity contribution < 1.29 is 4.79 Å². The van der Waals surface area contributed by atoms with Crippen LogP contribution in [-0.2, 0) is 4.79 Å². The minimum atomic E-state index is -0.0134. The predicted molar refractivity (Wildman–Crippen MR) is 59.8 cm³/mol. The maximum atomic E-state index is 12.1. The molecule has 3 aliphatic rings. The number of carbonyl (C=O) groups excluding carboxylic acids is 1. The van der Waals surface area contributed by atoms with Crippen LogP contribution in [0.2, 0.25) is 0 Å². The smallest absolute Gasteiger partial charge is 0.223 e. The summed E-state index contributed by atoms with van der Waals surface area (Å²) in [4.78, 5) is 12.1. The molecule has 3 atom stereocenters. The molecule has 0 aliphatic heterocycles. The fourth-order valence-corrected chi connectivity index (χ4v) is 3.70. The summed E-state index contributed by atoms with van der Waals surface area (Å²) in [7, 11) is 0. The number of fused-ring (bicyclic) bond motifs is 2.